The van der Waals surface area contributed by atoms with Crippen molar-refractivity contribution in [1.82, 2.24) is 9.97 Å². The Labute approximate surface area is 184 Å². The highest BCUT2D eigenvalue weighted by molar-refractivity contribution is 6.29. The number of anilines is 2. The molecule has 0 aliphatic rings. The van der Waals surface area contributed by atoms with Gasteiger partial charge in [-0.1, -0.05) is 23.7 Å². The van der Waals surface area contributed by atoms with Crippen LogP contribution in [-0.2, 0) is 18.9 Å². The quantitative estimate of drug-likeness (QED) is 0.379. The molecule has 3 aromatic rings. The van der Waals surface area contributed by atoms with Gasteiger partial charge in [0.1, 0.15) is 11.0 Å². The first-order valence-corrected chi connectivity index (χ1v) is 9.66. The minimum atomic E-state index is -4.89. The van der Waals surface area contributed by atoms with E-state index >= 15 is 0 Å². The van der Waals surface area contributed by atoms with Gasteiger partial charge in [-0.2, -0.15) is 26.3 Å². The van der Waals surface area contributed by atoms with Crippen LogP contribution in [0.3, 0.4) is 0 Å². The number of aromatic nitrogens is 2. The van der Waals surface area contributed by atoms with Crippen LogP contribution in [0, 0.1) is 0 Å². The van der Waals surface area contributed by atoms with Gasteiger partial charge in [0.25, 0.3) is 0 Å². The summed E-state index contributed by atoms with van der Waals surface area (Å²) >= 11 is 5.81. The molecule has 2 N–H and O–H groups in total. The van der Waals surface area contributed by atoms with Crippen molar-refractivity contribution in [3.63, 3.8) is 0 Å². The summed E-state index contributed by atoms with van der Waals surface area (Å²) in [5.74, 6) is 0.451. The standard InChI is InChI=1S/C21H17ClF6N4/c1-12(31-19-11-29-10-18(22)32-19)14-3-2-4-17(7-14)30-9-13-5-15(20(23,24)25)8-16(6-13)21(26,27)28/h2-8,10-12,30H,9H2,1H3,(H,31,32). The molecule has 2 aromatic carbocycles. The predicted octanol–water partition coefficient (Wildman–Crippen LogP) is 6.95. The van der Waals surface area contributed by atoms with Crippen LogP contribution in [0.5, 0.6) is 0 Å². The highest BCUT2D eigenvalue weighted by Crippen LogP contribution is 2.36. The van der Waals surface area contributed by atoms with Crippen LogP contribution in [0.2, 0.25) is 5.15 Å². The molecule has 4 nitrogen and oxygen atoms in total. The molecule has 0 saturated carbocycles. The lowest BCUT2D eigenvalue weighted by Crippen LogP contribution is -2.13. The first-order chi connectivity index (χ1) is 14.9. The van der Waals surface area contributed by atoms with E-state index in [1.807, 2.05) is 13.0 Å². The van der Waals surface area contributed by atoms with Crippen LogP contribution < -0.4 is 10.6 Å². The zero-order chi connectivity index (χ0) is 23.5. The molecule has 11 heteroatoms. The van der Waals surface area contributed by atoms with Gasteiger partial charge >= 0.3 is 12.4 Å². The Bertz CT molecular complexity index is 1050. The van der Waals surface area contributed by atoms with E-state index in [9.17, 15) is 26.3 Å². The summed E-state index contributed by atoms with van der Waals surface area (Å²) in [5.41, 5.74) is -1.51. The molecule has 0 spiro atoms. The average Bonchev–Trinajstić information content (AvgIpc) is 2.71. The van der Waals surface area contributed by atoms with Gasteiger partial charge < -0.3 is 10.6 Å². The second-order valence-corrected chi connectivity index (χ2v) is 7.37. The number of benzene rings is 2. The second kappa shape index (κ2) is 9.23. The van der Waals surface area contributed by atoms with Crippen molar-refractivity contribution in [2.24, 2.45) is 0 Å². The lowest BCUT2D eigenvalue weighted by Gasteiger charge is -2.17. The first-order valence-electron chi connectivity index (χ1n) is 9.28. The largest absolute Gasteiger partial charge is 0.416 e. The van der Waals surface area contributed by atoms with Crippen molar-refractivity contribution in [2.45, 2.75) is 31.9 Å². The van der Waals surface area contributed by atoms with Crippen LogP contribution >= 0.6 is 11.6 Å². The molecule has 1 atom stereocenters. The third-order valence-corrected chi connectivity index (χ3v) is 4.68. The van der Waals surface area contributed by atoms with E-state index in [4.69, 9.17) is 11.6 Å². The SMILES string of the molecule is CC(Nc1cncc(Cl)n1)c1cccc(NCc2cc(C(F)(F)F)cc(C(F)(F)F)c2)c1. The van der Waals surface area contributed by atoms with Crippen molar-refractivity contribution in [1.29, 1.82) is 0 Å². The lowest BCUT2D eigenvalue weighted by molar-refractivity contribution is -0.143. The first kappa shape index (κ1) is 23.6. The van der Waals surface area contributed by atoms with E-state index < -0.39 is 23.5 Å². The van der Waals surface area contributed by atoms with E-state index in [1.165, 1.54) is 12.4 Å². The Morgan fingerprint density at radius 3 is 2.19 bits per heavy atom. The molecule has 170 valence electrons. The van der Waals surface area contributed by atoms with Crippen molar-refractivity contribution >= 4 is 23.1 Å². The van der Waals surface area contributed by atoms with Gasteiger partial charge in [-0.05, 0) is 48.4 Å². The van der Waals surface area contributed by atoms with Crippen molar-refractivity contribution in [2.75, 3.05) is 10.6 Å². The Balaban J connectivity index is 1.76. The highest BCUT2D eigenvalue weighted by Gasteiger charge is 2.36. The molecule has 0 amide bonds. The second-order valence-electron chi connectivity index (χ2n) is 6.99. The summed E-state index contributed by atoms with van der Waals surface area (Å²) in [6.45, 7) is 1.63. The van der Waals surface area contributed by atoms with Crippen molar-refractivity contribution < 1.29 is 26.3 Å². The summed E-state index contributed by atoms with van der Waals surface area (Å²) in [5, 5.41) is 6.21. The highest BCUT2D eigenvalue weighted by atomic mass is 35.5. The number of rotatable bonds is 6. The van der Waals surface area contributed by atoms with Gasteiger partial charge in [-0.25, -0.2) is 4.98 Å². The van der Waals surface area contributed by atoms with Gasteiger partial charge in [0.15, 0.2) is 0 Å². The maximum atomic E-state index is 13.0. The van der Waals surface area contributed by atoms with E-state index in [0.717, 1.165) is 5.56 Å². The van der Waals surface area contributed by atoms with E-state index in [1.54, 1.807) is 18.2 Å². The molecule has 0 fully saturated rings. The molecule has 1 heterocycles. The van der Waals surface area contributed by atoms with Crippen molar-refractivity contribution in [3.8, 4) is 0 Å². The summed E-state index contributed by atoms with van der Waals surface area (Å²) in [7, 11) is 0. The van der Waals surface area contributed by atoms with Gasteiger partial charge in [-0.3, -0.25) is 4.98 Å². The molecule has 3 rings (SSSR count). The van der Waals surface area contributed by atoms with E-state index in [2.05, 4.69) is 20.6 Å². The maximum Gasteiger partial charge on any atom is 0.416 e. The lowest BCUT2D eigenvalue weighted by atomic mass is 10.0. The van der Waals surface area contributed by atoms with Crippen LogP contribution in [0.1, 0.15) is 35.2 Å². The minimum absolute atomic E-state index is 0.107. The average molecular weight is 475 g/mol. The topological polar surface area (TPSA) is 49.8 Å². The van der Waals surface area contributed by atoms with E-state index in [0.29, 0.717) is 23.6 Å². The summed E-state index contributed by atoms with van der Waals surface area (Å²) in [6, 6.07) is 8.20. The van der Waals surface area contributed by atoms with E-state index in [-0.39, 0.29) is 29.4 Å². The summed E-state index contributed by atoms with van der Waals surface area (Å²) in [6.07, 6.45) is -6.89. The molecule has 0 aliphatic carbocycles. The molecule has 0 aliphatic heterocycles. The molecule has 0 bridgehead atoms. The van der Waals surface area contributed by atoms with Crippen LogP contribution in [0.15, 0.2) is 54.9 Å². The number of nitrogens with one attached hydrogen (secondary N) is 2. The zero-order valence-electron chi connectivity index (χ0n) is 16.5. The number of hydrogen-bond acceptors (Lipinski definition) is 4. The fourth-order valence-electron chi connectivity index (χ4n) is 2.96. The van der Waals surface area contributed by atoms with Gasteiger partial charge in [0.05, 0.1) is 29.6 Å². The predicted molar refractivity (Wildman–Crippen MR) is 109 cm³/mol. The Morgan fingerprint density at radius 2 is 1.59 bits per heavy atom. The summed E-state index contributed by atoms with van der Waals surface area (Å²) in [4.78, 5) is 8.02. The molecular formula is C21H17ClF6N4. The maximum absolute atomic E-state index is 13.0. The minimum Gasteiger partial charge on any atom is -0.381 e. The van der Waals surface area contributed by atoms with Gasteiger partial charge in [0.2, 0.25) is 0 Å². The fourth-order valence-corrected chi connectivity index (χ4v) is 3.11. The monoisotopic (exact) mass is 474 g/mol. The number of nitrogens with zero attached hydrogens (tertiary/aromatic N) is 2. The normalized spacial score (nSPS) is 13.0. The molecular weight excluding hydrogens is 458 g/mol. The third kappa shape index (κ3) is 6.25. The fraction of sp³-hybridized carbons (Fsp3) is 0.238. The number of halogens is 7. The molecule has 32 heavy (non-hydrogen) atoms. The molecule has 1 aromatic heterocycles. The van der Waals surface area contributed by atoms with Crippen LogP contribution in [0.25, 0.3) is 0 Å². The zero-order valence-corrected chi connectivity index (χ0v) is 17.3. The third-order valence-electron chi connectivity index (χ3n) is 4.50. The molecule has 1 unspecified atom stereocenters. The van der Waals surface area contributed by atoms with Crippen molar-refractivity contribution in [3.05, 3.63) is 82.3 Å². The number of alkyl halides is 6. The smallest absolute Gasteiger partial charge is 0.381 e. The Hall–Kier alpha value is -3.01. The van der Waals surface area contributed by atoms with Crippen LogP contribution in [0.4, 0.5) is 37.8 Å². The Morgan fingerprint density at radius 1 is 0.938 bits per heavy atom. The van der Waals surface area contributed by atoms with Gasteiger partial charge in [-0.15, -0.1) is 0 Å². The number of hydrogen-bond donors (Lipinski definition) is 2. The summed E-state index contributed by atoms with van der Waals surface area (Å²) < 4.78 is 78.2. The van der Waals surface area contributed by atoms with Crippen LogP contribution in [-0.4, -0.2) is 9.97 Å². The molecule has 0 saturated heterocycles. The molecule has 0 radical (unpaired) electrons. The Kier molecular flexibility index (Phi) is 6.82. The van der Waals surface area contributed by atoms with Gasteiger partial charge in [0, 0.05) is 12.2 Å².